The molecule has 15 heteroatoms. The van der Waals surface area contributed by atoms with E-state index in [0.29, 0.717) is 47.4 Å². The molecule has 1 amide bonds. The number of halogens is 5. The molecule has 290 valence electrons. The Labute approximate surface area is 323 Å². The zero-order valence-electron chi connectivity index (χ0n) is 30.5. The van der Waals surface area contributed by atoms with Gasteiger partial charge in [0.2, 0.25) is 0 Å². The van der Waals surface area contributed by atoms with Gasteiger partial charge in [0.25, 0.3) is 11.7 Å². The lowest BCUT2D eigenvalue weighted by molar-refractivity contribution is -0.136. The summed E-state index contributed by atoms with van der Waals surface area (Å²) in [5.74, 6) is -0.164. The number of hydrogen-bond donors (Lipinski definition) is 2. The molecule has 2 saturated heterocycles. The van der Waals surface area contributed by atoms with Crippen molar-refractivity contribution >= 4 is 45.1 Å². The van der Waals surface area contributed by atoms with Crippen LogP contribution >= 0.6 is 11.6 Å². The number of rotatable bonds is 8. The van der Waals surface area contributed by atoms with E-state index in [1.54, 1.807) is 38.1 Å². The molecular weight excluding hydrogens is 752 g/mol. The number of aryl methyl sites for hydroxylation is 1. The standard InChI is InChI=1S/C41H37ClF4N6O4/c1-22-29-18-26(19-31(41(44,45)46)37(29)50-49-22)47-39(53)24-6-9-34-33(16-24)48-36(52(34)20-27-12-15-54-27)21-51-13-10-23(11-14-51)28-4-3-5-35-38(28)56-40(2,55-35)30-8-7-25(42)17-32(30)43/h3-9,16-19,23,27H,10-15,20-21H2,1-2H3,(H,47,53)(H,49,50). The average Bonchev–Trinajstić information content (AvgIpc) is 3.80. The second-order valence-corrected chi connectivity index (χ2v) is 15.3. The van der Waals surface area contributed by atoms with E-state index >= 15 is 0 Å². The maximum Gasteiger partial charge on any atom is 0.418 e. The van der Waals surface area contributed by atoms with Gasteiger partial charge in [0.05, 0.1) is 41.4 Å². The van der Waals surface area contributed by atoms with E-state index in [1.807, 2.05) is 24.3 Å². The number of para-hydroxylation sites is 1. The van der Waals surface area contributed by atoms with Gasteiger partial charge in [0.15, 0.2) is 11.5 Å². The largest absolute Gasteiger partial charge is 0.444 e. The Kier molecular flexibility index (Phi) is 8.97. The third kappa shape index (κ3) is 6.62. The van der Waals surface area contributed by atoms with Gasteiger partial charge in [-0.25, -0.2) is 9.37 Å². The monoisotopic (exact) mass is 788 g/mol. The van der Waals surface area contributed by atoms with Crippen molar-refractivity contribution < 1.29 is 36.6 Å². The number of ether oxygens (including phenoxy) is 3. The van der Waals surface area contributed by atoms with E-state index in [2.05, 4.69) is 25.0 Å². The zero-order valence-corrected chi connectivity index (χ0v) is 31.2. The normalized spacial score (nSPS) is 20.2. The number of aromatic amines is 1. The lowest BCUT2D eigenvalue weighted by Crippen LogP contribution is -2.35. The highest BCUT2D eigenvalue weighted by Crippen LogP contribution is 2.50. The SMILES string of the molecule is Cc1[nH]nc2c(C(F)(F)F)cc(NC(=O)c3ccc4c(c3)nc(CN3CCC(c5cccc6c5OC(C)(c5ccc(Cl)cc5F)O6)CC3)n4CC3CCO3)cc12. The van der Waals surface area contributed by atoms with Gasteiger partial charge in [-0.2, -0.15) is 18.3 Å². The lowest BCUT2D eigenvalue weighted by Gasteiger charge is -2.33. The number of amides is 1. The number of aromatic nitrogens is 4. The number of alkyl halides is 3. The summed E-state index contributed by atoms with van der Waals surface area (Å²) in [7, 11) is 0. The molecule has 0 spiro atoms. The minimum absolute atomic E-state index is 0.0141. The minimum Gasteiger partial charge on any atom is -0.444 e. The molecule has 5 heterocycles. The average molecular weight is 789 g/mol. The van der Waals surface area contributed by atoms with Crippen LogP contribution in [0.5, 0.6) is 11.5 Å². The Balaban J connectivity index is 0.922. The first-order valence-electron chi connectivity index (χ1n) is 18.5. The Bertz CT molecular complexity index is 2510. The fourth-order valence-corrected chi connectivity index (χ4v) is 8.21. The van der Waals surface area contributed by atoms with E-state index in [-0.39, 0.29) is 39.7 Å². The van der Waals surface area contributed by atoms with Crippen molar-refractivity contribution in [1.29, 1.82) is 0 Å². The maximum atomic E-state index is 14.9. The highest BCUT2D eigenvalue weighted by atomic mass is 35.5. The van der Waals surface area contributed by atoms with Crippen LogP contribution in [-0.4, -0.2) is 56.4 Å². The number of carbonyl (C=O) groups excluding carboxylic acids is 1. The van der Waals surface area contributed by atoms with Gasteiger partial charge in [-0.1, -0.05) is 23.7 Å². The molecule has 10 nitrogen and oxygen atoms in total. The molecule has 6 aromatic rings. The fourth-order valence-electron chi connectivity index (χ4n) is 8.05. The van der Waals surface area contributed by atoms with Crippen LogP contribution in [0.25, 0.3) is 21.9 Å². The molecule has 0 bridgehead atoms. The van der Waals surface area contributed by atoms with Crippen LogP contribution in [0.1, 0.15) is 70.7 Å². The number of piperidine rings is 1. The predicted molar refractivity (Wildman–Crippen MR) is 202 cm³/mol. The molecule has 2 N–H and O–H groups in total. The van der Waals surface area contributed by atoms with Crippen LogP contribution in [0.15, 0.2) is 66.7 Å². The summed E-state index contributed by atoms with van der Waals surface area (Å²) in [4.78, 5) is 20.8. The molecule has 0 saturated carbocycles. The molecule has 0 radical (unpaired) electrons. The van der Waals surface area contributed by atoms with E-state index in [9.17, 15) is 22.4 Å². The zero-order chi connectivity index (χ0) is 38.9. The van der Waals surface area contributed by atoms with Crippen molar-refractivity contribution in [1.82, 2.24) is 24.6 Å². The van der Waals surface area contributed by atoms with Crippen molar-refractivity contribution in [3.8, 4) is 11.5 Å². The number of H-pyrrole nitrogens is 1. The van der Waals surface area contributed by atoms with E-state index in [0.717, 1.165) is 55.3 Å². The number of hydrogen-bond acceptors (Lipinski definition) is 7. The molecule has 2 atom stereocenters. The van der Waals surface area contributed by atoms with E-state index in [1.165, 1.54) is 12.1 Å². The van der Waals surface area contributed by atoms with Gasteiger partial charge in [-0.05, 0) is 99.8 Å². The number of fused-ring (bicyclic) bond motifs is 3. The van der Waals surface area contributed by atoms with Gasteiger partial charge >= 0.3 is 6.18 Å². The molecule has 56 heavy (non-hydrogen) atoms. The molecule has 3 aliphatic heterocycles. The Hall–Kier alpha value is -5.18. The van der Waals surface area contributed by atoms with Crippen molar-refractivity contribution in [3.05, 3.63) is 111 Å². The molecule has 2 aromatic heterocycles. The van der Waals surface area contributed by atoms with Gasteiger partial charge < -0.3 is 24.1 Å². The topological polar surface area (TPSA) is 107 Å². The number of likely N-dealkylation sites (tertiary alicyclic amines) is 1. The molecule has 2 fully saturated rings. The fraction of sp³-hybridized carbons (Fsp3) is 0.341. The quantitative estimate of drug-likeness (QED) is 0.148. The van der Waals surface area contributed by atoms with Crippen LogP contribution < -0.4 is 14.8 Å². The van der Waals surface area contributed by atoms with E-state index < -0.39 is 29.3 Å². The van der Waals surface area contributed by atoms with Crippen molar-refractivity contribution in [2.24, 2.45) is 0 Å². The summed E-state index contributed by atoms with van der Waals surface area (Å²) in [5, 5.41) is 9.65. The highest BCUT2D eigenvalue weighted by Gasteiger charge is 2.43. The summed E-state index contributed by atoms with van der Waals surface area (Å²) in [6.45, 7) is 6.79. The van der Waals surface area contributed by atoms with Gasteiger partial charge in [0.1, 0.15) is 17.2 Å². The second-order valence-electron chi connectivity index (χ2n) is 14.8. The number of nitrogens with one attached hydrogen (secondary N) is 2. The van der Waals surface area contributed by atoms with Crippen molar-refractivity contribution in [2.45, 2.75) is 70.2 Å². The molecular formula is C41H37ClF4N6O4. The van der Waals surface area contributed by atoms with Crippen LogP contribution in [0, 0.1) is 12.7 Å². The molecule has 4 aromatic carbocycles. The van der Waals surface area contributed by atoms with Crippen molar-refractivity contribution in [2.75, 3.05) is 25.0 Å². The number of carbonyl (C=O) groups is 1. The van der Waals surface area contributed by atoms with Gasteiger partial charge in [-0.15, -0.1) is 0 Å². The van der Waals surface area contributed by atoms with Crippen LogP contribution in [0.3, 0.4) is 0 Å². The maximum absolute atomic E-state index is 14.9. The molecule has 3 aliphatic rings. The lowest BCUT2D eigenvalue weighted by atomic mass is 9.88. The summed E-state index contributed by atoms with van der Waals surface area (Å²) in [6.07, 6.45) is -1.97. The van der Waals surface area contributed by atoms with Crippen LogP contribution in [-0.2, 0) is 29.8 Å². The summed E-state index contributed by atoms with van der Waals surface area (Å²) in [6, 6.07) is 17.8. The van der Waals surface area contributed by atoms with Gasteiger partial charge in [-0.3, -0.25) is 14.8 Å². The predicted octanol–water partition coefficient (Wildman–Crippen LogP) is 9.10. The van der Waals surface area contributed by atoms with Crippen molar-refractivity contribution in [3.63, 3.8) is 0 Å². The third-order valence-electron chi connectivity index (χ3n) is 11.1. The smallest absolute Gasteiger partial charge is 0.418 e. The third-order valence-corrected chi connectivity index (χ3v) is 11.3. The van der Waals surface area contributed by atoms with E-state index in [4.69, 9.17) is 30.8 Å². The Morgan fingerprint density at radius 2 is 1.86 bits per heavy atom. The first-order chi connectivity index (χ1) is 26.8. The van der Waals surface area contributed by atoms with Gasteiger partial charge in [0, 0.05) is 46.4 Å². The molecule has 2 unspecified atom stereocenters. The Morgan fingerprint density at radius 3 is 2.59 bits per heavy atom. The van der Waals surface area contributed by atoms with Crippen LogP contribution in [0.2, 0.25) is 5.02 Å². The summed E-state index contributed by atoms with van der Waals surface area (Å²) in [5.41, 5.74) is 2.35. The number of anilines is 1. The first kappa shape index (κ1) is 36.5. The summed E-state index contributed by atoms with van der Waals surface area (Å²) >= 11 is 6.00. The Morgan fingerprint density at radius 1 is 1.05 bits per heavy atom. The van der Waals surface area contributed by atoms with Crippen LogP contribution in [0.4, 0.5) is 23.2 Å². The number of imidazole rings is 1. The number of benzene rings is 4. The highest BCUT2D eigenvalue weighted by molar-refractivity contribution is 6.30. The minimum atomic E-state index is -4.66. The number of nitrogens with zero attached hydrogens (tertiary/aromatic N) is 4. The summed E-state index contributed by atoms with van der Waals surface area (Å²) < 4.78 is 77.2. The first-order valence-corrected chi connectivity index (χ1v) is 18.9. The molecule has 0 aliphatic carbocycles. The molecule has 9 rings (SSSR count). The second kappa shape index (κ2) is 13.8.